The van der Waals surface area contributed by atoms with Gasteiger partial charge in [0.1, 0.15) is 0 Å². The van der Waals surface area contributed by atoms with E-state index in [0.717, 1.165) is 21.5 Å². The van der Waals surface area contributed by atoms with Gasteiger partial charge in [-0.15, -0.1) is 0 Å². The van der Waals surface area contributed by atoms with Crippen molar-refractivity contribution >= 4 is 33.1 Å². The first-order valence-electron chi connectivity index (χ1n) is 4.03. The monoisotopic (exact) mass is 273 g/mol. The van der Waals surface area contributed by atoms with Crippen LogP contribution in [0.5, 0.6) is 11.5 Å². The van der Waals surface area contributed by atoms with Crippen LogP contribution in [0.3, 0.4) is 0 Å². The van der Waals surface area contributed by atoms with Crippen molar-refractivity contribution in [3.8, 4) is 11.5 Å². The summed E-state index contributed by atoms with van der Waals surface area (Å²) < 4.78 is 11.4. The molecule has 1 aliphatic rings. The molecule has 0 aromatic heterocycles. The molecule has 0 saturated carbocycles. The fourth-order valence-corrected chi connectivity index (χ4v) is 1.90. The Hall–Kier alpha value is -0.810. The minimum Gasteiger partial charge on any atom is -0.454 e. The highest BCUT2D eigenvalue weighted by Crippen LogP contribution is 2.36. The first-order chi connectivity index (χ1) is 6.66. The van der Waals surface area contributed by atoms with Crippen molar-refractivity contribution in [3.63, 3.8) is 0 Å². The smallest absolute Gasteiger partial charge is 0.231 e. The molecule has 0 spiro atoms. The van der Waals surface area contributed by atoms with Crippen LogP contribution in [-0.4, -0.2) is 11.8 Å². The largest absolute Gasteiger partial charge is 0.454 e. The van der Waals surface area contributed by atoms with E-state index in [4.69, 9.17) is 27.4 Å². The normalized spacial score (nSPS) is 12.9. The number of benzene rings is 1. The van der Waals surface area contributed by atoms with E-state index in [1.54, 1.807) is 0 Å². The maximum Gasteiger partial charge on any atom is 0.231 e. The number of hydrogen-bond donors (Lipinski definition) is 1. The fraction of sp³-hybridized carbons (Fsp3) is 0.222. The van der Waals surface area contributed by atoms with E-state index >= 15 is 0 Å². The Morgan fingerprint density at radius 3 is 2.71 bits per heavy atom. The molecule has 0 amide bonds. The van der Waals surface area contributed by atoms with Gasteiger partial charge >= 0.3 is 0 Å². The van der Waals surface area contributed by atoms with Crippen molar-refractivity contribution in [3.05, 3.63) is 22.2 Å². The summed E-state index contributed by atoms with van der Waals surface area (Å²) in [6, 6.07) is 3.77. The van der Waals surface area contributed by atoms with Crippen LogP contribution < -0.4 is 15.2 Å². The summed E-state index contributed by atoms with van der Waals surface area (Å²) in [5.74, 6) is 1.50. The maximum absolute atomic E-state index is 5.48. The molecule has 0 bridgehead atoms. The Morgan fingerprint density at radius 1 is 1.43 bits per heavy atom. The second-order valence-corrected chi connectivity index (χ2v) is 4.32. The van der Waals surface area contributed by atoms with Crippen molar-refractivity contribution in [2.45, 2.75) is 6.42 Å². The van der Waals surface area contributed by atoms with Crippen LogP contribution in [0.1, 0.15) is 5.56 Å². The van der Waals surface area contributed by atoms with Crippen LogP contribution in [0.15, 0.2) is 16.6 Å². The number of ether oxygens (including phenoxy) is 2. The zero-order chi connectivity index (χ0) is 10.1. The Balaban J connectivity index is 2.37. The molecule has 2 rings (SSSR count). The van der Waals surface area contributed by atoms with E-state index in [2.05, 4.69) is 15.9 Å². The van der Waals surface area contributed by atoms with Crippen LogP contribution in [-0.2, 0) is 6.42 Å². The molecule has 5 heteroatoms. The SMILES string of the molecule is NC(=S)Cc1cc2c(cc1Br)OCO2. The molecular formula is C9H8BrNO2S. The highest BCUT2D eigenvalue weighted by Gasteiger charge is 2.16. The molecule has 1 aromatic carbocycles. The van der Waals surface area contributed by atoms with Gasteiger partial charge in [-0.3, -0.25) is 0 Å². The van der Waals surface area contributed by atoms with Crippen LogP contribution >= 0.6 is 28.1 Å². The number of halogens is 1. The van der Waals surface area contributed by atoms with Crippen LogP contribution in [0, 0.1) is 0 Å². The van der Waals surface area contributed by atoms with Crippen LogP contribution in [0.4, 0.5) is 0 Å². The van der Waals surface area contributed by atoms with Gasteiger partial charge in [0.25, 0.3) is 0 Å². The minimum atomic E-state index is 0.276. The van der Waals surface area contributed by atoms with E-state index in [1.165, 1.54) is 0 Å². The van der Waals surface area contributed by atoms with Gasteiger partial charge in [-0.1, -0.05) is 28.1 Å². The molecule has 0 atom stereocenters. The topological polar surface area (TPSA) is 44.5 Å². The van der Waals surface area contributed by atoms with Crippen molar-refractivity contribution in [1.82, 2.24) is 0 Å². The van der Waals surface area contributed by atoms with Crippen molar-refractivity contribution in [2.24, 2.45) is 5.73 Å². The van der Waals surface area contributed by atoms with Crippen LogP contribution in [0.2, 0.25) is 0 Å². The second-order valence-electron chi connectivity index (χ2n) is 2.94. The second kappa shape index (κ2) is 3.74. The summed E-state index contributed by atoms with van der Waals surface area (Å²) in [4.78, 5) is 0.463. The summed E-state index contributed by atoms with van der Waals surface area (Å²) in [5.41, 5.74) is 6.49. The van der Waals surface area contributed by atoms with E-state index in [1.807, 2.05) is 12.1 Å². The number of nitrogens with two attached hydrogens (primary N) is 1. The molecule has 0 saturated heterocycles. The Labute approximate surface area is 95.3 Å². The van der Waals surface area contributed by atoms with Gasteiger partial charge in [0.05, 0.1) is 4.99 Å². The van der Waals surface area contributed by atoms with Crippen molar-refractivity contribution in [1.29, 1.82) is 0 Å². The van der Waals surface area contributed by atoms with Gasteiger partial charge in [-0.05, 0) is 17.7 Å². The number of hydrogen-bond acceptors (Lipinski definition) is 3. The lowest BCUT2D eigenvalue weighted by molar-refractivity contribution is 0.174. The molecule has 74 valence electrons. The average Bonchev–Trinajstić information content (AvgIpc) is 2.51. The van der Waals surface area contributed by atoms with Gasteiger partial charge in [0.15, 0.2) is 11.5 Å². The van der Waals surface area contributed by atoms with Gasteiger partial charge < -0.3 is 15.2 Å². The molecule has 0 unspecified atom stereocenters. The summed E-state index contributed by atoms with van der Waals surface area (Å²) in [6.45, 7) is 0.276. The molecule has 14 heavy (non-hydrogen) atoms. The maximum atomic E-state index is 5.48. The van der Waals surface area contributed by atoms with Crippen molar-refractivity contribution < 1.29 is 9.47 Å². The number of rotatable bonds is 2. The number of thiocarbonyl (C=S) groups is 1. The third kappa shape index (κ3) is 1.83. The quantitative estimate of drug-likeness (QED) is 0.838. The Bertz CT molecular complexity index is 395. The predicted molar refractivity (Wildman–Crippen MR) is 60.8 cm³/mol. The predicted octanol–water partition coefficient (Wildman–Crippen LogP) is 2.01. The lowest BCUT2D eigenvalue weighted by atomic mass is 10.1. The van der Waals surface area contributed by atoms with Crippen LogP contribution in [0.25, 0.3) is 0 Å². The summed E-state index contributed by atoms with van der Waals surface area (Å²) >= 11 is 8.28. The summed E-state index contributed by atoms with van der Waals surface area (Å²) in [6.07, 6.45) is 0.562. The molecule has 1 heterocycles. The van der Waals surface area contributed by atoms with E-state index in [9.17, 15) is 0 Å². The minimum absolute atomic E-state index is 0.276. The molecule has 2 N–H and O–H groups in total. The first kappa shape index (κ1) is 9.73. The lowest BCUT2D eigenvalue weighted by Gasteiger charge is -2.04. The fourth-order valence-electron chi connectivity index (χ4n) is 1.28. The highest BCUT2D eigenvalue weighted by molar-refractivity contribution is 9.10. The molecule has 0 fully saturated rings. The number of fused-ring (bicyclic) bond motifs is 1. The van der Waals surface area contributed by atoms with Gasteiger partial charge in [-0.25, -0.2) is 0 Å². The van der Waals surface area contributed by atoms with Crippen molar-refractivity contribution in [2.75, 3.05) is 6.79 Å². The zero-order valence-electron chi connectivity index (χ0n) is 7.25. The lowest BCUT2D eigenvalue weighted by Crippen LogP contribution is -2.11. The van der Waals surface area contributed by atoms with Gasteiger partial charge in [0, 0.05) is 10.9 Å². The molecule has 1 aromatic rings. The third-order valence-corrected chi connectivity index (χ3v) is 2.79. The molecule has 0 radical (unpaired) electrons. The third-order valence-electron chi connectivity index (χ3n) is 1.91. The van der Waals surface area contributed by atoms with E-state index in [0.29, 0.717) is 11.4 Å². The molecule has 3 nitrogen and oxygen atoms in total. The van der Waals surface area contributed by atoms with E-state index < -0.39 is 0 Å². The molecule has 1 aliphatic heterocycles. The Morgan fingerprint density at radius 2 is 2.07 bits per heavy atom. The molecular weight excluding hydrogens is 266 g/mol. The average molecular weight is 274 g/mol. The molecule has 0 aliphatic carbocycles. The Kier molecular flexibility index (Phi) is 2.60. The van der Waals surface area contributed by atoms with Gasteiger partial charge in [0.2, 0.25) is 6.79 Å². The van der Waals surface area contributed by atoms with E-state index in [-0.39, 0.29) is 6.79 Å². The summed E-state index contributed by atoms with van der Waals surface area (Å²) in [5, 5.41) is 0. The standard InChI is InChI=1S/C9H8BrNO2S/c10-6-3-8-7(12-4-13-8)1-5(6)2-9(11)14/h1,3H,2,4H2,(H2,11,14). The van der Waals surface area contributed by atoms with Gasteiger partial charge in [-0.2, -0.15) is 0 Å². The summed E-state index contributed by atoms with van der Waals surface area (Å²) in [7, 11) is 0. The zero-order valence-corrected chi connectivity index (χ0v) is 9.65. The first-order valence-corrected chi connectivity index (χ1v) is 5.23. The highest BCUT2D eigenvalue weighted by atomic mass is 79.9.